The largest absolute Gasteiger partial charge is 0.497 e. The smallest absolute Gasteiger partial charge is 0.251 e. The Kier molecular flexibility index (Phi) is 4.74. The Hall–Kier alpha value is -2.49. The Morgan fingerprint density at radius 2 is 1.83 bits per heavy atom. The predicted molar refractivity (Wildman–Crippen MR) is 93.9 cm³/mol. The molecule has 1 aliphatic rings. The van der Waals surface area contributed by atoms with Crippen molar-refractivity contribution in [3.8, 4) is 11.5 Å². The first-order valence-corrected chi connectivity index (χ1v) is 8.27. The number of carbonyl (C=O) groups is 1. The predicted octanol–water partition coefficient (Wildman–Crippen LogP) is 3.68. The zero-order valence-corrected chi connectivity index (χ0v) is 14.4. The lowest BCUT2D eigenvalue weighted by molar-refractivity contribution is 0.0939. The number of methoxy groups -OCH3 is 2. The molecule has 1 aliphatic carbocycles. The van der Waals surface area contributed by atoms with E-state index in [1.54, 1.807) is 14.2 Å². The second-order valence-corrected chi connectivity index (χ2v) is 6.14. The fourth-order valence-corrected chi connectivity index (χ4v) is 3.25. The van der Waals surface area contributed by atoms with Gasteiger partial charge in [0.1, 0.15) is 11.5 Å². The van der Waals surface area contributed by atoms with Crippen molar-refractivity contribution in [1.82, 2.24) is 5.32 Å². The van der Waals surface area contributed by atoms with Crippen molar-refractivity contribution in [3.63, 3.8) is 0 Å². The second kappa shape index (κ2) is 6.95. The highest BCUT2D eigenvalue weighted by atomic mass is 16.5. The average molecular weight is 325 g/mol. The Labute approximate surface area is 142 Å². The van der Waals surface area contributed by atoms with E-state index in [4.69, 9.17) is 9.47 Å². The summed E-state index contributed by atoms with van der Waals surface area (Å²) in [5.41, 5.74) is 4.28. The van der Waals surface area contributed by atoms with Crippen LogP contribution in [0.3, 0.4) is 0 Å². The van der Waals surface area contributed by atoms with E-state index in [9.17, 15) is 4.79 Å². The summed E-state index contributed by atoms with van der Waals surface area (Å²) in [7, 11) is 3.25. The van der Waals surface area contributed by atoms with E-state index in [1.165, 1.54) is 17.5 Å². The normalized spacial score (nSPS) is 14.0. The molecule has 2 aromatic rings. The van der Waals surface area contributed by atoms with Crippen molar-refractivity contribution in [1.29, 1.82) is 0 Å². The van der Waals surface area contributed by atoms with E-state index in [0.29, 0.717) is 5.56 Å². The van der Waals surface area contributed by atoms with E-state index in [-0.39, 0.29) is 11.9 Å². The van der Waals surface area contributed by atoms with Gasteiger partial charge in [-0.15, -0.1) is 0 Å². The van der Waals surface area contributed by atoms with Gasteiger partial charge in [0.2, 0.25) is 0 Å². The molecule has 1 unspecified atom stereocenters. The SMILES string of the molecule is COc1ccc(OC)c(C(C)NC(=O)c2ccc3c(c2)CCC3)c1. The Balaban J connectivity index is 1.79. The minimum atomic E-state index is -0.184. The first kappa shape index (κ1) is 16.4. The fourth-order valence-electron chi connectivity index (χ4n) is 3.25. The van der Waals surface area contributed by atoms with Gasteiger partial charge in [-0.2, -0.15) is 0 Å². The van der Waals surface area contributed by atoms with Gasteiger partial charge in [-0.1, -0.05) is 6.07 Å². The molecule has 0 aliphatic heterocycles. The molecule has 1 atom stereocenters. The molecule has 0 heterocycles. The van der Waals surface area contributed by atoms with Crippen LogP contribution >= 0.6 is 0 Å². The van der Waals surface area contributed by atoms with Crippen LogP contribution in [0, 0.1) is 0 Å². The van der Waals surface area contributed by atoms with Crippen molar-refractivity contribution in [2.24, 2.45) is 0 Å². The molecule has 0 saturated carbocycles. The summed E-state index contributed by atoms with van der Waals surface area (Å²) < 4.78 is 10.7. The van der Waals surface area contributed by atoms with Gasteiger partial charge in [-0.25, -0.2) is 0 Å². The maximum absolute atomic E-state index is 12.6. The molecule has 24 heavy (non-hydrogen) atoms. The highest BCUT2D eigenvalue weighted by molar-refractivity contribution is 5.94. The molecule has 0 fully saturated rings. The number of hydrogen-bond acceptors (Lipinski definition) is 3. The number of rotatable bonds is 5. The number of aryl methyl sites for hydroxylation is 2. The van der Waals surface area contributed by atoms with Gasteiger partial charge in [0, 0.05) is 11.1 Å². The zero-order valence-electron chi connectivity index (χ0n) is 14.4. The summed E-state index contributed by atoms with van der Waals surface area (Å²) in [6.07, 6.45) is 3.36. The van der Waals surface area contributed by atoms with E-state index in [2.05, 4.69) is 11.4 Å². The van der Waals surface area contributed by atoms with Gasteiger partial charge in [0.05, 0.1) is 20.3 Å². The van der Waals surface area contributed by atoms with E-state index < -0.39 is 0 Å². The fraction of sp³-hybridized carbons (Fsp3) is 0.350. The molecule has 0 aromatic heterocycles. The number of hydrogen-bond donors (Lipinski definition) is 1. The molecule has 3 rings (SSSR count). The second-order valence-electron chi connectivity index (χ2n) is 6.14. The van der Waals surface area contributed by atoms with Gasteiger partial charge in [-0.3, -0.25) is 4.79 Å². The molecule has 0 bridgehead atoms. The number of fused-ring (bicyclic) bond motifs is 1. The zero-order chi connectivity index (χ0) is 17.1. The Morgan fingerprint density at radius 3 is 2.58 bits per heavy atom. The van der Waals surface area contributed by atoms with Crippen LogP contribution < -0.4 is 14.8 Å². The molecule has 2 aromatic carbocycles. The summed E-state index contributed by atoms with van der Waals surface area (Å²) in [5.74, 6) is 1.41. The van der Waals surface area contributed by atoms with Crippen LogP contribution in [-0.4, -0.2) is 20.1 Å². The number of carbonyl (C=O) groups excluding carboxylic acids is 1. The van der Waals surface area contributed by atoms with Crippen LogP contribution in [0.25, 0.3) is 0 Å². The lowest BCUT2D eigenvalue weighted by atomic mass is 10.0. The third-order valence-electron chi connectivity index (χ3n) is 4.61. The van der Waals surface area contributed by atoms with Crippen LogP contribution in [0.4, 0.5) is 0 Å². The van der Waals surface area contributed by atoms with Crippen LogP contribution in [0.5, 0.6) is 11.5 Å². The number of benzene rings is 2. The summed E-state index contributed by atoms with van der Waals surface area (Å²) in [5, 5.41) is 3.06. The monoisotopic (exact) mass is 325 g/mol. The van der Waals surface area contributed by atoms with Crippen LogP contribution in [0.1, 0.15) is 46.4 Å². The van der Waals surface area contributed by atoms with Gasteiger partial charge in [0.25, 0.3) is 5.91 Å². The minimum absolute atomic E-state index is 0.0675. The van der Waals surface area contributed by atoms with Gasteiger partial charge in [-0.05, 0) is 67.6 Å². The lowest BCUT2D eigenvalue weighted by Gasteiger charge is -2.18. The van der Waals surface area contributed by atoms with E-state index >= 15 is 0 Å². The summed E-state index contributed by atoms with van der Waals surface area (Å²) >= 11 is 0. The average Bonchev–Trinajstić information content (AvgIpc) is 3.08. The molecule has 1 amide bonds. The topological polar surface area (TPSA) is 47.6 Å². The number of amides is 1. The molecular weight excluding hydrogens is 302 g/mol. The Bertz CT molecular complexity index is 755. The molecular formula is C20H23NO3. The third kappa shape index (κ3) is 3.23. The minimum Gasteiger partial charge on any atom is -0.497 e. The maximum Gasteiger partial charge on any atom is 0.251 e. The van der Waals surface area contributed by atoms with Gasteiger partial charge < -0.3 is 14.8 Å². The van der Waals surface area contributed by atoms with E-state index in [1.807, 2.05) is 37.3 Å². The molecule has 1 N–H and O–H groups in total. The molecule has 4 nitrogen and oxygen atoms in total. The first-order valence-electron chi connectivity index (χ1n) is 8.27. The molecule has 0 saturated heterocycles. The number of nitrogens with one attached hydrogen (secondary N) is 1. The first-order chi connectivity index (χ1) is 11.6. The summed E-state index contributed by atoms with van der Waals surface area (Å²) in [6, 6.07) is 11.4. The Morgan fingerprint density at radius 1 is 1.04 bits per heavy atom. The summed E-state index contributed by atoms with van der Waals surface area (Å²) in [4.78, 5) is 12.6. The molecule has 4 heteroatoms. The van der Waals surface area contributed by atoms with Gasteiger partial charge >= 0.3 is 0 Å². The maximum atomic E-state index is 12.6. The molecule has 0 spiro atoms. The van der Waals surface area contributed by atoms with Crippen molar-refractivity contribution in [2.45, 2.75) is 32.2 Å². The van der Waals surface area contributed by atoms with Crippen molar-refractivity contribution in [3.05, 3.63) is 58.7 Å². The number of ether oxygens (including phenoxy) is 2. The van der Waals surface area contributed by atoms with Crippen molar-refractivity contribution < 1.29 is 14.3 Å². The highest BCUT2D eigenvalue weighted by Crippen LogP contribution is 2.29. The van der Waals surface area contributed by atoms with Gasteiger partial charge in [0.15, 0.2) is 0 Å². The molecule has 126 valence electrons. The van der Waals surface area contributed by atoms with Crippen LogP contribution in [0.15, 0.2) is 36.4 Å². The van der Waals surface area contributed by atoms with E-state index in [0.717, 1.165) is 29.9 Å². The lowest BCUT2D eigenvalue weighted by Crippen LogP contribution is -2.27. The highest BCUT2D eigenvalue weighted by Gasteiger charge is 2.18. The summed E-state index contributed by atoms with van der Waals surface area (Å²) in [6.45, 7) is 1.95. The van der Waals surface area contributed by atoms with Crippen molar-refractivity contribution in [2.75, 3.05) is 14.2 Å². The van der Waals surface area contributed by atoms with Crippen LogP contribution in [-0.2, 0) is 12.8 Å². The standard InChI is InChI=1S/C20H23NO3/c1-13(18-12-17(23-2)9-10-19(18)24-3)21-20(22)16-8-7-14-5-4-6-15(14)11-16/h7-13H,4-6H2,1-3H3,(H,21,22). The van der Waals surface area contributed by atoms with Crippen molar-refractivity contribution >= 4 is 5.91 Å². The third-order valence-corrected chi connectivity index (χ3v) is 4.61. The van der Waals surface area contributed by atoms with Crippen LogP contribution in [0.2, 0.25) is 0 Å². The molecule has 0 radical (unpaired) electrons. The quantitative estimate of drug-likeness (QED) is 0.912.